The monoisotopic (exact) mass is 454 g/mol. The summed E-state index contributed by atoms with van der Waals surface area (Å²) in [6.07, 6.45) is 13.0. The Morgan fingerprint density at radius 3 is 2.33 bits per heavy atom. The average molecular weight is 455 g/mol. The number of rotatable bonds is 7. The topological polar surface area (TPSA) is 18.5 Å². The minimum atomic E-state index is -0.920. The van der Waals surface area contributed by atoms with E-state index in [2.05, 4.69) is 19.1 Å². The SMILES string of the molecule is CC=CC1CCC(C2CCC(c3ccc(-c4ccc(OCCC)c(F)c4F)cc3)CO2)CC1. The summed E-state index contributed by atoms with van der Waals surface area (Å²) in [6, 6.07) is 10.9. The second-order valence-electron chi connectivity index (χ2n) is 9.56. The molecule has 0 aromatic heterocycles. The molecule has 1 aliphatic carbocycles. The normalized spacial score (nSPS) is 25.9. The van der Waals surface area contributed by atoms with Crippen LogP contribution in [-0.4, -0.2) is 19.3 Å². The molecule has 0 N–H and O–H groups in total. The highest BCUT2D eigenvalue weighted by Crippen LogP contribution is 2.39. The minimum absolute atomic E-state index is 0.0288. The summed E-state index contributed by atoms with van der Waals surface area (Å²) in [5, 5.41) is 0. The lowest BCUT2D eigenvalue weighted by atomic mass is 9.76. The third-order valence-electron chi connectivity index (χ3n) is 7.32. The van der Waals surface area contributed by atoms with Crippen LogP contribution < -0.4 is 4.74 Å². The molecule has 4 heteroatoms. The van der Waals surface area contributed by atoms with E-state index in [4.69, 9.17) is 9.47 Å². The molecular weight excluding hydrogens is 418 g/mol. The van der Waals surface area contributed by atoms with E-state index in [0.29, 0.717) is 30.1 Å². The van der Waals surface area contributed by atoms with Crippen molar-refractivity contribution in [3.8, 4) is 16.9 Å². The van der Waals surface area contributed by atoms with Crippen LogP contribution in [0.3, 0.4) is 0 Å². The van der Waals surface area contributed by atoms with Crippen LogP contribution >= 0.6 is 0 Å². The molecule has 2 nitrogen and oxygen atoms in total. The van der Waals surface area contributed by atoms with Crippen LogP contribution in [0.15, 0.2) is 48.6 Å². The zero-order chi connectivity index (χ0) is 23.2. The fourth-order valence-corrected chi connectivity index (χ4v) is 5.40. The molecule has 2 aliphatic rings. The maximum atomic E-state index is 14.6. The molecule has 1 aliphatic heterocycles. The summed E-state index contributed by atoms with van der Waals surface area (Å²) in [6.45, 7) is 5.15. The van der Waals surface area contributed by atoms with Gasteiger partial charge in [0.15, 0.2) is 11.6 Å². The Labute approximate surface area is 197 Å². The predicted molar refractivity (Wildman–Crippen MR) is 130 cm³/mol. The van der Waals surface area contributed by atoms with Crippen LogP contribution in [0.1, 0.15) is 70.3 Å². The van der Waals surface area contributed by atoms with E-state index in [-0.39, 0.29) is 11.3 Å². The molecule has 0 amide bonds. The van der Waals surface area contributed by atoms with Crippen LogP contribution in [0.2, 0.25) is 0 Å². The van der Waals surface area contributed by atoms with Gasteiger partial charge in [-0.1, -0.05) is 43.3 Å². The van der Waals surface area contributed by atoms with Crippen LogP contribution in [0, 0.1) is 23.5 Å². The maximum Gasteiger partial charge on any atom is 0.201 e. The molecule has 178 valence electrons. The van der Waals surface area contributed by atoms with Gasteiger partial charge in [-0.2, -0.15) is 4.39 Å². The maximum absolute atomic E-state index is 14.6. The van der Waals surface area contributed by atoms with Crippen molar-refractivity contribution in [2.24, 2.45) is 11.8 Å². The first-order valence-electron chi connectivity index (χ1n) is 12.6. The van der Waals surface area contributed by atoms with Crippen molar-refractivity contribution in [3.05, 3.63) is 65.7 Å². The lowest BCUT2D eigenvalue weighted by Crippen LogP contribution is -2.33. The summed E-state index contributed by atoms with van der Waals surface area (Å²) < 4.78 is 40.6. The van der Waals surface area contributed by atoms with E-state index in [1.165, 1.54) is 37.3 Å². The number of halogens is 2. The molecule has 2 aromatic carbocycles. The Kier molecular flexibility index (Phi) is 8.19. The Morgan fingerprint density at radius 1 is 0.939 bits per heavy atom. The molecule has 0 radical (unpaired) electrons. The van der Waals surface area contributed by atoms with Crippen molar-refractivity contribution in [1.82, 2.24) is 0 Å². The fraction of sp³-hybridized carbons (Fsp3) is 0.517. The largest absolute Gasteiger partial charge is 0.490 e. The van der Waals surface area contributed by atoms with E-state index in [1.54, 1.807) is 6.07 Å². The van der Waals surface area contributed by atoms with Crippen LogP contribution in [-0.2, 0) is 4.74 Å². The summed E-state index contributed by atoms with van der Waals surface area (Å²) in [5.41, 5.74) is 2.14. The van der Waals surface area contributed by atoms with Gasteiger partial charge < -0.3 is 9.47 Å². The molecule has 1 saturated heterocycles. The van der Waals surface area contributed by atoms with Gasteiger partial charge in [-0.3, -0.25) is 0 Å². The minimum Gasteiger partial charge on any atom is -0.490 e. The highest BCUT2D eigenvalue weighted by Gasteiger charge is 2.31. The molecule has 33 heavy (non-hydrogen) atoms. The summed E-state index contributed by atoms with van der Waals surface area (Å²) in [5.74, 6) is -0.00248. The van der Waals surface area contributed by atoms with E-state index >= 15 is 0 Å². The smallest absolute Gasteiger partial charge is 0.201 e. The van der Waals surface area contributed by atoms with E-state index in [0.717, 1.165) is 31.8 Å². The van der Waals surface area contributed by atoms with Crippen molar-refractivity contribution in [3.63, 3.8) is 0 Å². The molecule has 0 bridgehead atoms. The standard InChI is InChI=1S/C29H36F2O2/c1-3-5-20-6-8-23(9-7-20)26-16-14-24(19-33-26)21-10-12-22(13-11-21)25-15-17-27(32-18-4-2)29(31)28(25)30/h3,5,10-13,15,17,20,23-24,26H,4,6-9,14,16,18-19H2,1-2H3. The molecule has 2 atom stereocenters. The number of ether oxygens (including phenoxy) is 2. The van der Waals surface area contributed by atoms with Crippen molar-refractivity contribution in [2.45, 2.75) is 70.8 Å². The molecule has 2 unspecified atom stereocenters. The van der Waals surface area contributed by atoms with Crippen molar-refractivity contribution in [1.29, 1.82) is 0 Å². The Morgan fingerprint density at radius 2 is 1.70 bits per heavy atom. The molecular formula is C29H36F2O2. The highest BCUT2D eigenvalue weighted by atomic mass is 19.2. The van der Waals surface area contributed by atoms with Crippen molar-refractivity contribution >= 4 is 0 Å². The van der Waals surface area contributed by atoms with Crippen molar-refractivity contribution < 1.29 is 18.3 Å². The summed E-state index contributed by atoms with van der Waals surface area (Å²) in [4.78, 5) is 0. The fourth-order valence-electron chi connectivity index (χ4n) is 5.40. The molecule has 2 aromatic rings. The molecule has 2 fully saturated rings. The Hall–Kier alpha value is -2.20. The van der Waals surface area contributed by atoms with Gasteiger partial charge in [0.25, 0.3) is 0 Å². The Bertz CT molecular complexity index is 921. The first-order valence-corrected chi connectivity index (χ1v) is 12.6. The third kappa shape index (κ3) is 5.66. The van der Waals surface area contributed by atoms with Gasteiger partial charge in [0, 0.05) is 11.5 Å². The van der Waals surface area contributed by atoms with Gasteiger partial charge in [0.1, 0.15) is 0 Å². The van der Waals surface area contributed by atoms with E-state index in [1.807, 2.05) is 31.2 Å². The third-order valence-corrected chi connectivity index (χ3v) is 7.32. The zero-order valence-electron chi connectivity index (χ0n) is 19.9. The quantitative estimate of drug-likeness (QED) is 0.394. The molecule has 1 saturated carbocycles. The predicted octanol–water partition coefficient (Wildman–Crippen LogP) is 8.07. The first kappa shape index (κ1) is 23.9. The van der Waals surface area contributed by atoms with Gasteiger partial charge in [-0.25, -0.2) is 4.39 Å². The highest BCUT2D eigenvalue weighted by molar-refractivity contribution is 5.65. The lowest BCUT2D eigenvalue weighted by molar-refractivity contribution is -0.0419. The zero-order valence-corrected chi connectivity index (χ0v) is 19.9. The van der Waals surface area contributed by atoms with E-state index < -0.39 is 11.6 Å². The second kappa shape index (κ2) is 11.3. The number of allylic oxidation sites excluding steroid dienone is 2. The average Bonchev–Trinajstić information content (AvgIpc) is 2.86. The second-order valence-corrected chi connectivity index (χ2v) is 9.56. The van der Waals surface area contributed by atoms with Crippen LogP contribution in [0.4, 0.5) is 8.78 Å². The Balaban J connectivity index is 1.35. The number of hydrogen-bond donors (Lipinski definition) is 0. The van der Waals surface area contributed by atoms with Gasteiger partial charge in [0.05, 0.1) is 19.3 Å². The van der Waals surface area contributed by atoms with Gasteiger partial charge in [-0.15, -0.1) is 0 Å². The molecule has 4 rings (SSSR count). The van der Waals surface area contributed by atoms with Crippen molar-refractivity contribution in [2.75, 3.05) is 13.2 Å². The lowest BCUT2D eigenvalue weighted by Gasteiger charge is -2.37. The summed E-state index contributed by atoms with van der Waals surface area (Å²) in [7, 11) is 0. The van der Waals surface area contributed by atoms with Crippen LogP contribution in [0.5, 0.6) is 5.75 Å². The molecule has 0 spiro atoms. The summed E-state index contributed by atoms with van der Waals surface area (Å²) >= 11 is 0. The van der Waals surface area contributed by atoms with E-state index in [9.17, 15) is 8.78 Å². The van der Waals surface area contributed by atoms with Crippen LogP contribution in [0.25, 0.3) is 11.1 Å². The van der Waals surface area contributed by atoms with Gasteiger partial charge in [-0.05, 0) is 87.0 Å². The first-order chi connectivity index (χ1) is 16.1. The van der Waals surface area contributed by atoms with Gasteiger partial charge in [0.2, 0.25) is 5.82 Å². The molecule has 1 heterocycles. The number of hydrogen-bond acceptors (Lipinski definition) is 2. The number of benzene rings is 2. The van der Waals surface area contributed by atoms with Gasteiger partial charge >= 0.3 is 0 Å².